The van der Waals surface area contributed by atoms with Gasteiger partial charge in [0.05, 0.1) is 0 Å². The van der Waals surface area contributed by atoms with Gasteiger partial charge in [-0.15, -0.1) is 0 Å². The Morgan fingerprint density at radius 3 is 1.35 bits per heavy atom. The molecule has 0 N–H and O–H groups in total. The molecule has 0 aliphatic carbocycles. The maximum atomic E-state index is 2.49. The van der Waals surface area contributed by atoms with Gasteiger partial charge in [0.2, 0.25) is 0 Å². The first-order valence-corrected chi connectivity index (χ1v) is 10.9. The van der Waals surface area contributed by atoms with Crippen molar-refractivity contribution in [3.63, 3.8) is 0 Å². The molecule has 2 unspecified atom stereocenters. The fraction of sp³-hybridized carbons (Fsp3) is 0.769. The predicted octanol–water partition coefficient (Wildman–Crippen LogP) is 9.01. The molecule has 0 saturated carbocycles. The summed E-state index contributed by atoms with van der Waals surface area (Å²) in [6.07, 6.45) is 2.41. The normalized spacial score (nSPS) is 15.6. The largest absolute Gasteiger partial charge is 0.0648 e. The SMILES string of the molecule is CCC(c1ccc(C(C)C)c(C(C)C)c1C(CC)C(C)(C)C)C(C)(C)C. The Bertz CT molecular complexity index is 575. The highest BCUT2D eigenvalue weighted by molar-refractivity contribution is 5.49. The van der Waals surface area contributed by atoms with Crippen LogP contribution >= 0.6 is 0 Å². The highest BCUT2D eigenvalue weighted by Gasteiger charge is 2.35. The van der Waals surface area contributed by atoms with Gasteiger partial charge in [-0.2, -0.15) is 0 Å². The summed E-state index contributed by atoms with van der Waals surface area (Å²) < 4.78 is 0. The third-order valence-corrected chi connectivity index (χ3v) is 6.19. The first-order chi connectivity index (χ1) is 11.8. The second-order valence-electron chi connectivity index (χ2n) is 11.0. The standard InChI is InChI=1S/C26H46/c1-13-21(25(7,8)9)20-16-15-19(17(3)4)23(18(5)6)24(20)22(14-2)26(10,11)12/h15-18,21-22H,13-14H2,1-12H3. The molecule has 0 saturated heterocycles. The molecule has 1 aromatic rings. The Morgan fingerprint density at radius 1 is 0.615 bits per heavy atom. The molecule has 0 amide bonds. The Balaban J connectivity index is 3.95. The Hall–Kier alpha value is -0.780. The van der Waals surface area contributed by atoms with Crippen LogP contribution in [0.15, 0.2) is 12.1 Å². The average molecular weight is 359 g/mol. The summed E-state index contributed by atoms with van der Waals surface area (Å²) in [5, 5.41) is 0. The van der Waals surface area contributed by atoms with E-state index in [0.717, 1.165) is 0 Å². The number of hydrogen-bond donors (Lipinski definition) is 0. The molecule has 1 aromatic carbocycles. The van der Waals surface area contributed by atoms with Gasteiger partial charge in [0.1, 0.15) is 0 Å². The molecule has 0 radical (unpaired) electrons. The Morgan fingerprint density at radius 2 is 1.04 bits per heavy atom. The fourth-order valence-corrected chi connectivity index (χ4v) is 5.06. The molecular weight excluding hydrogens is 312 g/mol. The quantitative estimate of drug-likeness (QED) is 0.476. The van der Waals surface area contributed by atoms with E-state index in [2.05, 4.69) is 95.2 Å². The second-order valence-corrected chi connectivity index (χ2v) is 11.0. The first-order valence-electron chi connectivity index (χ1n) is 10.9. The molecule has 2 atom stereocenters. The van der Waals surface area contributed by atoms with Gasteiger partial charge in [-0.05, 0) is 69.6 Å². The zero-order valence-electron chi connectivity index (χ0n) is 19.9. The van der Waals surface area contributed by atoms with Crippen LogP contribution in [-0.2, 0) is 0 Å². The van der Waals surface area contributed by atoms with E-state index in [-0.39, 0.29) is 10.8 Å². The van der Waals surface area contributed by atoms with Crippen molar-refractivity contribution in [1.82, 2.24) is 0 Å². The van der Waals surface area contributed by atoms with Gasteiger partial charge in [-0.3, -0.25) is 0 Å². The van der Waals surface area contributed by atoms with E-state index in [0.29, 0.717) is 23.7 Å². The van der Waals surface area contributed by atoms with E-state index < -0.39 is 0 Å². The zero-order chi connectivity index (χ0) is 20.4. The third kappa shape index (κ3) is 4.93. The summed E-state index contributed by atoms with van der Waals surface area (Å²) in [5.74, 6) is 2.35. The van der Waals surface area contributed by atoms with Crippen LogP contribution in [0, 0.1) is 10.8 Å². The molecule has 0 aliphatic rings. The molecule has 0 heteroatoms. The second kappa shape index (κ2) is 8.49. The van der Waals surface area contributed by atoms with Crippen LogP contribution in [0.4, 0.5) is 0 Å². The van der Waals surface area contributed by atoms with Crippen LogP contribution in [0.25, 0.3) is 0 Å². The van der Waals surface area contributed by atoms with Crippen molar-refractivity contribution in [3.05, 3.63) is 34.4 Å². The van der Waals surface area contributed by atoms with Crippen LogP contribution in [0.2, 0.25) is 0 Å². The summed E-state index contributed by atoms with van der Waals surface area (Å²) in [4.78, 5) is 0. The van der Waals surface area contributed by atoms with Gasteiger partial charge >= 0.3 is 0 Å². The third-order valence-electron chi connectivity index (χ3n) is 6.19. The van der Waals surface area contributed by atoms with Crippen LogP contribution in [0.1, 0.15) is 142 Å². The molecule has 0 fully saturated rings. The van der Waals surface area contributed by atoms with Crippen LogP contribution in [0.5, 0.6) is 0 Å². The van der Waals surface area contributed by atoms with Gasteiger partial charge in [0.15, 0.2) is 0 Å². The Labute approximate surface area is 165 Å². The van der Waals surface area contributed by atoms with Gasteiger partial charge in [0, 0.05) is 0 Å². The van der Waals surface area contributed by atoms with Crippen LogP contribution < -0.4 is 0 Å². The molecular formula is C26H46. The molecule has 1 rings (SSSR count). The van der Waals surface area contributed by atoms with Crippen LogP contribution in [-0.4, -0.2) is 0 Å². The molecule has 0 aliphatic heterocycles. The molecule has 0 spiro atoms. The topological polar surface area (TPSA) is 0 Å². The molecule has 0 bridgehead atoms. The summed E-state index contributed by atoms with van der Waals surface area (Å²) >= 11 is 0. The van der Waals surface area contributed by atoms with Crippen molar-refractivity contribution < 1.29 is 0 Å². The molecule has 0 aromatic heterocycles. The Kier molecular flexibility index (Phi) is 7.59. The smallest absolute Gasteiger partial charge is 0.0110 e. The van der Waals surface area contributed by atoms with E-state index in [9.17, 15) is 0 Å². The monoisotopic (exact) mass is 358 g/mol. The minimum absolute atomic E-state index is 0.277. The summed E-state index contributed by atoms with van der Waals surface area (Å²) in [6, 6.07) is 4.94. The van der Waals surface area contributed by atoms with E-state index in [1.54, 1.807) is 22.3 Å². The lowest BCUT2D eigenvalue weighted by Crippen LogP contribution is -2.26. The lowest BCUT2D eigenvalue weighted by molar-refractivity contribution is 0.287. The van der Waals surface area contributed by atoms with Crippen molar-refractivity contribution in [3.8, 4) is 0 Å². The minimum atomic E-state index is 0.277. The minimum Gasteiger partial charge on any atom is -0.0648 e. The highest BCUT2D eigenvalue weighted by atomic mass is 14.4. The van der Waals surface area contributed by atoms with E-state index >= 15 is 0 Å². The highest BCUT2D eigenvalue weighted by Crippen LogP contribution is 2.49. The van der Waals surface area contributed by atoms with Gasteiger partial charge in [-0.1, -0.05) is 95.2 Å². The first kappa shape index (κ1) is 23.3. The van der Waals surface area contributed by atoms with Crippen molar-refractivity contribution in [1.29, 1.82) is 0 Å². The number of rotatable bonds is 6. The number of benzene rings is 1. The lowest BCUT2D eigenvalue weighted by atomic mass is 9.65. The average Bonchev–Trinajstić information content (AvgIpc) is 2.45. The molecule has 150 valence electrons. The molecule has 26 heavy (non-hydrogen) atoms. The predicted molar refractivity (Wildman–Crippen MR) is 120 cm³/mol. The summed E-state index contributed by atoms with van der Waals surface area (Å²) in [7, 11) is 0. The summed E-state index contributed by atoms with van der Waals surface area (Å²) in [6.45, 7) is 28.7. The van der Waals surface area contributed by atoms with Crippen LogP contribution in [0.3, 0.4) is 0 Å². The molecule has 0 heterocycles. The van der Waals surface area contributed by atoms with Gasteiger partial charge in [-0.25, -0.2) is 0 Å². The summed E-state index contributed by atoms with van der Waals surface area (Å²) in [5.41, 5.74) is 7.07. The van der Waals surface area contributed by atoms with E-state index in [1.807, 2.05) is 0 Å². The molecule has 0 nitrogen and oxygen atoms in total. The van der Waals surface area contributed by atoms with E-state index in [4.69, 9.17) is 0 Å². The van der Waals surface area contributed by atoms with Crippen molar-refractivity contribution in [2.75, 3.05) is 0 Å². The number of hydrogen-bond acceptors (Lipinski definition) is 0. The maximum absolute atomic E-state index is 2.49. The lowest BCUT2D eigenvalue weighted by Gasteiger charge is -2.40. The maximum Gasteiger partial charge on any atom is -0.0110 e. The van der Waals surface area contributed by atoms with Gasteiger partial charge in [0.25, 0.3) is 0 Å². The van der Waals surface area contributed by atoms with E-state index in [1.165, 1.54) is 12.8 Å². The fourth-order valence-electron chi connectivity index (χ4n) is 5.06. The van der Waals surface area contributed by atoms with Crippen molar-refractivity contribution in [2.45, 2.75) is 120 Å². The zero-order valence-corrected chi connectivity index (χ0v) is 19.9. The van der Waals surface area contributed by atoms with Crippen molar-refractivity contribution >= 4 is 0 Å². The van der Waals surface area contributed by atoms with Crippen molar-refractivity contribution in [2.24, 2.45) is 10.8 Å². The van der Waals surface area contributed by atoms with Gasteiger partial charge < -0.3 is 0 Å².